The summed E-state index contributed by atoms with van der Waals surface area (Å²) in [7, 11) is 1.63. The van der Waals surface area contributed by atoms with Gasteiger partial charge in [0.2, 0.25) is 0 Å². The van der Waals surface area contributed by atoms with Gasteiger partial charge in [0.25, 0.3) is 5.91 Å². The molecule has 2 aromatic rings. The number of methoxy groups -OCH3 is 1. The van der Waals surface area contributed by atoms with E-state index >= 15 is 0 Å². The van der Waals surface area contributed by atoms with Crippen molar-refractivity contribution in [3.63, 3.8) is 0 Å². The third-order valence-electron chi connectivity index (χ3n) is 6.23. The number of amides is 1. The van der Waals surface area contributed by atoms with Crippen molar-refractivity contribution in [1.29, 1.82) is 0 Å². The summed E-state index contributed by atoms with van der Waals surface area (Å²) in [6.07, 6.45) is 1.45. The number of piperidine rings is 1. The van der Waals surface area contributed by atoms with Gasteiger partial charge in [-0.2, -0.15) is 0 Å². The zero-order chi connectivity index (χ0) is 19.9. The van der Waals surface area contributed by atoms with Crippen LogP contribution >= 0.6 is 0 Å². The molecule has 0 radical (unpaired) electrons. The predicted octanol–water partition coefficient (Wildman–Crippen LogP) is 3.39. The first-order valence-corrected chi connectivity index (χ1v) is 9.58. The van der Waals surface area contributed by atoms with Crippen molar-refractivity contribution < 1.29 is 18.3 Å². The van der Waals surface area contributed by atoms with E-state index in [-0.39, 0.29) is 17.1 Å². The minimum atomic E-state index is -0.863. The van der Waals surface area contributed by atoms with Crippen molar-refractivity contribution in [3.8, 4) is 0 Å². The molecule has 4 nitrogen and oxygen atoms in total. The van der Waals surface area contributed by atoms with Crippen LogP contribution in [0.15, 0.2) is 36.4 Å². The number of fused-ring (bicyclic) bond motifs is 2. The van der Waals surface area contributed by atoms with E-state index < -0.39 is 29.1 Å². The summed E-state index contributed by atoms with van der Waals surface area (Å²) in [5.74, 6) is -2.45. The van der Waals surface area contributed by atoms with Crippen molar-refractivity contribution in [2.75, 3.05) is 20.2 Å². The molecule has 28 heavy (non-hydrogen) atoms. The third kappa shape index (κ3) is 2.83. The average Bonchev–Trinajstić information content (AvgIpc) is 2.94. The van der Waals surface area contributed by atoms with Gasteiger partial charge in [-0.15, -0.1) is 0 Å². The van der Waals surface area contributed by atoms with Gasteiger partial charge in [-0.05, 0) is 55.6 Å². The fourth-order valence-electron chi connectivity index (χ4n) is 4.88. The molecule has 2 aromatic carbocycles. The normalized spacial score (nSPS) is 22.9. The Balaban J connectivity index is 1.74. The van der Waals surface area contributed by atoms with Gasteiger partial charge in [-0.1, -0.05) is 30.3 Å². The summed E-state index contributed by atoms with van der Waals surface area (Å²) >= 11 is 0. The van der Waals surface area contributed by atoms with Crippen molar-refractivity contribution in [2.24, 2.45) is 0 Å². The molecule has 1 spiro atoms. The first-order chi connectivity index (χ1) is 13.5. The maximum atomic E-state index is 14.5. The quantitative estimate of drug-likeness (QED) is 0.850. The second kappa shape index (κ2) is 7.26. The van der Waals surface area contributed by atoms with Crippen LogP contribution in [0.1, 0.15) is 45.9 Å². The highest BCUT2D eigenvalue weighted by molar-refractivity contribution is 5.95. The van der Waals surface area contributed by atoms with Gasteiger partial charge < -0.3 is 15.4 Å². The second-order valence-corrected chi connectivity index (χ2v) is 7.65. The van der Waals surface area contributed by atoms with Crippen LogP contribution < -0.4 is 10.6 Å². The SMILES string of the molecule is COC1C(NC(=O)c2c(F)ccc(C)c2F)c2ccccc2C12CCNCC2. The lowest BCUT2D eigenvalue weighted by Gasteiger charge is -2.40. The molecular formula is C22H24F2N2O2. The summed E-state index contributed by atoms with van der Waals surface area (Å²) < 4.78 is 34.6. The van der Waals surface area contributed by atoms with Gasteiger partial charge in [0.1, 0.15) is 17.2 Å². The monoisotopic (exact) mass is 386 g/mol. The van der Waals surface area contributed by atoms with E-state index in [4.69, 9.17) is 4.74 Å². The zero-order valence-corrected chi connectivity index (χ0v) is 16.0. The second-order valence-electron chi connectivity index (χ2n) is 7.65. The molecular weight excluding hydrogens is 362 g/mol. The highest BCUT2D eigenvalue weighted by Gasteiger charge is 2.53. The van der Waals surface area contributed by atoms with Crippen LogP contribution in [-0.2, 0) is 10.2 Å². The molecule has 2 unspecified atom stereocenters. The Morgan fingerprint density at radius 3 is 2.61 bits per heavy atom. The van der Waals surface area contributed by atoms with E-state index in [0.29, 0.717) is 0 Å². The van der Waals surface area contributed by atoms with Gasteiger partial charge in [0, 0.05) is 12.5 Å². The highest BCUT2D eigenvalue weighted by atomic mass is 19.1. The Hall–Kier alpha value is -2.31. The first-order valence-electron chi connectivity index (χ1n) is 9.58. The summed E-state index contributed by atoms with van der Waals surface area (Å²) in [5, 5.41) is 6.24. The Labute approximate surface area is 163 Å². The van der Waals surface area contributed by atoms with Crippen LogP contribution in [0.25, 0.3) is 0 Å². The Morgan fingerprint density at radius 1 is 1.18 bits per heavy atom. The van der Waals surface area contributed by atoms with E-state index in [1.54, 1.807) is 7.11 Å². The predicted molar refractivity (Wildman–Crippen MR) is 102 cm³/mol. The fourth-order valence-corrected chi connectivity index (χ4v) is 4.88. The number of halogens is 2. The van der Waals surface area contributed by atoms with E-state index in [2.05, 4.69) is 16.7 Å². The molecule has 2 atom stereocenters. The molecule has 0 bridgehead atoms. The fraction of sp³-hybridized carbons (Fsp3) is 0.409. The zero-order valence-electron chi connectivity index (χ0n) is 16.0. The van der Waals surface area contributed by atoms with Gasteiger partial charge in [0.05, 0.1) is 12.1 Å². The molecule has 6 heteroatoms. The Morgan fingerprint density at radius 2 is 1.89 bits per heavy atom. The maximum absolute atomic E-state index is 14.5. The summed E-state index contributed by atoms with van der Waals surface area (Å²) in [5.41, 5.74) is 1.57. The van der Waals surface area contributed by atoms with Gasteiger partial charge in [-0.25, -0.2) is 8.78 Å². The molecule has 2 aliphatic rings. The maximum Gasteiger partial charge on any atom is 0.257 e. The minimum Gasteiger partial charge on any atom is -0.378 e. The molecule has 0 aromatic heterocycles. The first kappa shape index (κ1) is 19.0. The molecule has 1 saturated heterocycles. The van der Waals surface area contributed by atoms with Crippen molar-refractivity contribution in [1.82, 2.24) is 10.6 Å². The molecule has 4 rings (SSSR count). The lowest BCUT2D eigenvalue weighted by atomic mass is 9.72. The van der Waals surface area contributed by atoms with E-state index in [1.165, 1.54) is 13.0 Å². The number of ether oxygens (including phenoxy) is 1. The number of rotatable bonds is 3. The van der Waals surface area contributed by atoms with Crippen LogP contribution in [0.5, 0.6) is 0 Å². The third-order valence-corrected chi connectivity index (χ3v) is 6.23. The average molecular weight is 386 g/mol. The molecule has 1 amide bonds. The minimum absolute atomic E-state index is 0.224. The lowest BCUT2D eigenvalue weighted by Crippen LogP contribution is -2.49. The van der Waals surface area contributed by atoms with Crippen LogP contribution in [-0.4, -0.2) is 32.2 Å². The number of hydrogen-bond donors (Lipinski definition) is 2. The van der Waals surface area contributed by atoms with Gasteiger partial charge >= 0.3 is 0 Å². The molecule has 1 fully saturated rings. The Kier molecular flexibility index (Phi) is 4.93. The standard InChI is InChI=1S/C22H24F2N2O2/c1-13-7-8-16(23)17(18(13)24)21(27)26-19-14-5-3-4-6-15(14)22(20(19)28-2)9-11-25-12-10-22/h3-8,19-20,25H,9-12H2,1-2H3,(H,26,27). The Bertz CT molecular complexity index is 909. The van der Waals surface area contributed by atoms with Gasteiger partial charge in [-0.3, -0.25) is 4.79 Å². The summed E-state index contributed by atoms with van der Waals surface area (Å²) in [6, 6.07) is 9.93. The smallest absolute Gasteiger partial charge is 0.257 e. The van der Waals surface area contributed by atoms with Crippen molar-refractivity contribution >= 4 is 5.91 Å². The van der Waals surface area contributed by atoms with Gasteiger partial charge in [0.15, 0.2) is 0 Å². The molecule has 1 aliphatic carbocycles. The molecule has 148 valence electrons. The number of benzene rings is 2. The van der Waals surface area contributed by atoms with Crippen LogP contribution in [0.2, 0.25) is 0 Å². The number of nitrogens with one attached hydrogen (secondary N) is 2. The number of hydrogen-bond acceptors (Lipinski definition) is 3. The van der Waals surface area contributed by atoms with E-state index in [1.807, 2.05) is 18.2 Å². The molecule has 1 heterocycles. The number of carbonyl (C=O) groups is 1. The number of aryl methyl sites for hydroxylation is 1. The molecule has 1 aliphatic heterocycles. The molecule has 0 saturated carbocycles. The topological polar surface area (TPSA) is 50.4 Å². The highest BCUT2D eigenvalue weighted by Crippen LogP contribution is 2.51. The number of carbonyl (C=O) groups excluding carboxylic acids is 1. The lowest BCUT2D eigenvalue weighted by molar-refractivity contribution is 0.00389. The van der Waals surface area contributed by atoms with E-state index in [9.17, 15) is 13.6 Å². The van der Waals surface area contributed by atoms with Crippen LogP contribution in [0.3, 0.4) is 0 Å². The largest absolute Gasteiger partial charge is 0.378 e. The van der Waals surface area contributed by atoms with Crippen LogP contribution in [0.4, 0.5) is 8.78 Å². The van der Waals surface area contributed by atoms with E-state index in [0.717, 1.165) is 43.1 Å². The summed E-state index contributed by atoms with van der Waals surface area (Å²) in [6.45, 7) is 3.23. The van der Waals surface area contributed by atoms with Crippen LogP contribution in [0, 0.1) is 18.6 Å². The summed E-state index contributed by atoms with van der Waals surface area (Å²) in [4.78, 5) is 12.9. The van der Waals surface area contributed by atoms with Crippen molar-refractivity contribution in [2.45, 2.75) is 37.3 Å². The molecule has 2 N–H and O–H groups in total. The van der Waals surface area contributed by atoms with Crippen molar-refractivity contribution in [3.05, 3.63) is 70.3 Å².